The second kappa shape index (κ2) is 7.63. The Morgan fingerprint density at radius 2 is 1.79 bits per heavy atom. The number of aliphatic hydroxyl groups is 2. The lowest BCUT2D eigenvalue weighted by Crippen LogP contribution is -2.34. The smallest absolute Gasteiger partial charge is 0.0914 e. The van der Waals surface area contributed by atoms with Crippen LogP contribution >= 0.6 is 0 Å². The first-order chi connectivity index (χ1) is 9.31. The van der Waals surface area contributed by atoms with Gasteiger partial charge in [0, 0.05) is 13.2 Å². The van der Waals surface area contributed by atoms with Crippen molar-refractivity contribution in [3.63, 3.8) is 0 Å². The van der Waals surface area contributed by atoms with Crippen LogP contribution in [0.15, 0.2) is 30.3 Å². The molecular formula is C16H25NO2. The Balaban J connectivity index is 1.73. The molecule has 1 aliphatic rings. The van der Waals surface area contributed by atoms with Gasteiger partial charge in [-0.15, -0.1) is 0 Å². The van der Waals surface area contributed by atoms with Gasteiger partial charge in [0.1, 0.15) is 0 Å². The van der Waals surface area contributed by atoms with E-state index in [1.54, 1.807) is 0 Å². The van der Waals surface area contributed by atoms with Crippen LogP contribution in [0.25, 0.3) is 0 Å². The predicted octanol–water partition coefficient (Wildman–Crippen LogP) is 2.11. The highest BCUT2D eigenvalue weighted by molar-refractivity contribution is 5.17. The van der Waals surface area contributed by atoms with Crippen LogP contribution in [0.2, 0.25) is 0 Å². The fourth-order valence-electron chi connectivity index (χ4n) is 2.99. The SMILES string of the molecule is OCC1CCCCC1CNCC(O)c1ccccc1. The molecule has 2 rings (SSSR count). The molecule has 0 radical (unpaired) electrons. The van der Waals surface area contributed by atoms with E-state index in [0.29, 0.717) is 25.0 Å². The third-order valence-electron chi connectivity index (χ3n) is 4.23. The number of hydrogen-bond donors (Lipinski definition) is 3. The summed E-state index contributed by atoms with van der Waals surface area (Å²) in [6.45, 7) is 1.78. The Morgan fingerprint density at radius 3 is 2.47 bits per heavy atom. The molecular weight excluding hydrogens is 238 g/mol. The van der Waals surface area contributed by atoms with E-state index in [1.807, 2.05) is 30.3 Å². The maximum atomic E-state index is 10.1. The lowest BCUT2D eigenvalue weighted by molar-refractivity contribution is 0.125. The van der Waals surface area contributed by atoms with E-state index in [9.17, 15) is 10.2 Å². The van der Waals surface area contributed by atoms with Gasteiger partial charge in [-0.3, -0.25) is 0 Å². The lowest BCUT2D eigenvalue weighted by Gasteiger charge is -2.30. The molecule has 1 fully saturated rings. The van der Waals surface area contributed by atoms with E-state index in [2.05, 4.69) is 5.32 Å². The zero-order chi connectivity index (χ0) is 13.5. The number of nitrogens with one attached hydrogen (secondary N) is 1. The Hall–Kier alpha value is -0.900. The van der Waals surface area contributed by atoms with Crippen LogP contribution in [0.1, 0.15) is 37.4 Å². The molecule has 0 aromatic heterocycles. The van der Waals surface area contributed by atoms with E-state index < -0.39 is 6.10 Å². The number of benzene rings is 1. The summed E-state index contributed by atoms with van der Waals surface area (Å²) in [7, 11) is 0. The Bertz CT molecular complexity index is 355. The molecule has 3 nitrogen and oxygen atoms in total. The van der Waals surface area contributed by atoms with Crippen molar-refractivity contribution in [2.45, 2.75) is 31.8 Å². The molecule has 3 unspecified atom stereocenters. The molecule has 0 aliphatic heterocycles. The molecule has 3 atom stereocenters. The minimum absolute atomic E-state index is 0.299. The van der Waals surface area contributed by atoms with E-state index in [-0.39, 0.29) is 0 Å². The second-order valence-electron chi connectivity index (χ2n) is 5.57. The first kappa shape index (κ1) is 14.5. The summed E-state index contributed by atoms with van der Waals surface area (Å²) in [6, 6.07) is 9.74. The molecule has 0 saturated heterocycles. The maximum absolute atomic E-state index is 10.1. The second-order valence-corrected chi connectivity index (χ2v) is 5.57. The predicted molar refractivity (Wildman–Crippen MR) is 76.8 cm³/mol. The summed E-state index contributed by atoms with van der Waals surface area (Å²) in [5.74, 6) is 0.997. The van der Waals surface area contributed by atoms with Gasteiger partial charge in [0.25, 0.3) is 0 Å². The van der Waals surface area contributed by atoms with Crippen molar-refractivity contribution in [2.75, 3.05) is 19.7 Å². The minimum atomic E-state index is -0.447. The highest BCUT2D eigenvalue weighted by Gasteiger charge is 2.24. The molecule has 3 heteroatoms. The van der Waals surface area contributed by atoms with E-state index >= 15 is 0 Å². The summed E-state index contributed by atoms with van der Waals surface area (Å²) in [5, 5.41) is 22.8. The van der Waals surface area contributed by atoms with Gasteiger partial charge in [0.15, 0.2) is 0 Å². The normalized spacial score (nSPS) is 25.2. The van der Waals surface area contributed by atoms with Crippen LogP contribution in [0.5, 0.6) is 0 Å². The minimum Gasteiger partial charge on any atom is -0.396 e. The standard InChI is InChI=1S/C16H25NO2/c18-12-15-9-5-4-8-14(15)10-17-11-16(19)13-6-2-1-3-7-13/h1-3,6-7,14-19H,4-5,8-12H2. The fraction of sp³-hybridized carbons (Fsp3) is 0.625. The molecule has 3 N–H and O–H groups in total. The molecule has 1 aromatic rings. The van der Waals surface area contributed by atoms with Crippen LogP contribution in [0.3, 0.4) is 0 Å². The highest BCUT2D eigenvalue weighted by atomic mass is 16.3. The summed E-state index contributed by atoms with van der Waals surface area (Å²) >= 11 is 0. The topological polar surface area (TPSA) is 52.5 Å². The van der Waals surface area contributed by atoms with Gasteiger partial charge in [0.2, 0.25) is 0 Å². The first-order valence-electron chi connectivity index (χ1n) is 7.36. The van der Waals surface area contributed by atoms with E-state index in [0.717, 1.165) is 18.5 Å². The van der Waals surface area contributed by atoms with Crippen molar-refractivity contribution >= 4 is 0 Å². The van der Waals surface area contributed by atoms with E-state index in [4.69, 9.17) is 0 Å². The van der Waals surface area contributed by atoms with Crippen LogP contribution in [0.4, 0.5) is 0 Å². The Kier molecular flexibility index (Phi) is 5.83. The highest BCUT2D eigenvalue weighted by Crippen LogP contribution is 2.29. The van der Waals surface area contributed by atoms with Crippen LogP contribution < -0.4 is 5.32 Å². The Morgan fingerprint density at radius 1 is 1.11 bits per heavy atom. The number of aliphatic hydroxyl groups excluding tert-OH is 2. The molecule has 0 bridgehead atoms. The monoisotopic (exact) mass is 263 g/mol. The van der Waals surface area contributed by atoms with Gasteiger partial charge in [-0.05, 0) is 36.8 Å². The summed E-state index contributed by atoms with van der Waals surface area (Å²) < 4.78 is 0. The molecule has 0 amide bonds. The zero-order valence-corrected chi connectivity index (χ0v) is 11.5. The Labute approximate surface area is 115 Å². The summed E-state index contributed by atoms with van der Waals surface area (Å²) in [5.41, 5.74) is 0.956. The lowest BCUT2D eigenvalue weighted by atomic mass is 9.79. The number of rotatable bonds is 6. The largest absolute Gasteiger partial charge is 0.396 e. The van der Waals surface area contributed by atoms with Gasteiger partial charge >= 0.3 is 0 Å². The molecule has 19 heavy (non-hydrogen) atoms. The van der Waals surface area contributed by atoms with Gasteiger partial charge in [-0.2, -0.15) is 0 Å². The molecule has 1 saturated carbocycles. The fourth-order valence-corrected chi connectivity index (χ4v) is 2.99. The van der Waals surface area contributed by atoms with Gasteiger partial charge in [-0.1, -0.05) is 43.2 Å². The molecule has 1 aliphatic carbocycles. The van der Waals surface area contributed by atoms with Crippen molar-refractivity contribution in [3.05, 3.63) is 35.9 Å². The van der Waals surface area contributed by atoms with Gasteiger partial charge in [-0.25, -0.2) is 0 Å². The van der Waals surface area contributed by atoms with Crippen molar-refractivity contribution in [1.29, 1.82) is 0 Å². The summed E-state index contributed by atoms with van der Waals surface area (Å²) in [6.07, 6.45) is 4.40. The maximum Gasteiger partial charge on any atom is 0.0914 e. The van der Waals surface area contributed by atoms with Crippen molar-refractivity contribution < 1.29 is 10.2 Å². The average Bonchev–Trinajstić information content (AvgIpc) is 2.48. The van der Waals surface area contributed by atoms with Crippen molar-refractivity contribution in [1.82, 2.24) is 5.32 Å². The summed E-state index contributed by atoms with van der Waals surface area (Å²) in [4.78, 5) is 0. The third-order valence-corrected chi connectivity index (χ3v) is 4.23. The quantitative estimate of drug-likeness (QED) is 0.737. The van der Waals surface area contributed by atoms with Crippen molar-refractivity contribution in [2.24, 2.45) is 11.8 Å². The first-order valence-corrected chi connectivity index (χ1v) is 7.36. The zero-order valence-electron chi connectivity index (χ0n) is 11.5. The van der Waals surface area contributed by atoms with Gasteiger partial charge in [0.05, 0.1) is 6.10 Å². The third kappa shape index (κ3) is 4.30. The van der Waals surface area contributed by atoms with Crippen molar-refractivity contribution in [3.8, 4) is 0 Å². The molecule has 1 aromatic carbocycles. The van der Waals surface area contributed by atoms with Crippen LogP contribution in [-0.4, -0.2) is 29.9 Å². The van der Waals surface area contributed by atoms with E-state index in [1.165, 1.54) is 19.3 Å². The molecule has 0 heterocycles. The van der Waals surface area contributed by atoms with Crippen LogP contribution in [-0.2, 0) is 0 Å². The number of hydrogen-bond acceptors (Lipinski definition) is 3. The molecule has 106 valence electrons. The van der Waals surface area contributed by atoms with Gasteiger partial charge < -0.3 is 15.5 Å². The van der Waals surface area contributed by atoms with Crippen LogP contribution in [0, 0.1) is 11.8 Å². The molecule has 0 spiro atoms. The average molecular weight is 263 g/mol.